The molecule has 0 radical (unpaired) electrons. The van der Waals surface area contributed by atoms with Gasteiger partial charge in [0.2, 0.25) is 21.8 Å². The van der Waals surface area contributed by atoms with E-state index in [4.69, 9.17) is 4.74 Å². The average molecular weight is 361 g/mol. The van der Waals surface area contributed by atoms with Crippen LogP contribution in [0.15, 0.2) is 0 Å². The number of methoxy groups -OCH3 is 1. The Morgan fingerprint density at radius 3 is 2.29 bits per heavy atom. The molecule has 0 saturated carbocycles. The Hall–Kier alpha value is -1.19. The smallest absolute Gasteiger partial charge is 0.227 e. The molecule has 0 aliphatic carbocycles. The summed E-state index contributed by atoms with van der Waals surface area (Å²) in [6, 6.07) is 0. The molecule has 138 valence electrons. The maximum absolute atomic E-state index is 12.7. The average Bonchev–Trinajstić information content (AvgIpc) is 2.59. The van der Waals surface area contributed by atoms with Crippen LogP contribution in [0.4, 0.5) is 0 Å². The highest BCUT2D eigenvalue weighted by Gasteiger charge is 2.35. The minimum absolute atomic E-state index is 0.00448. The van der Waals surface area contributed by atoms with Crippen LogP contribution in [0, 0.1) is 5.92 Å². The van der Waals surface area contributed by atoms with E-state index in [1.807, 2.05) is 0 Å². The van der Waals surface area contributed by atoms with Crippen molar-refractivity contribution in [2.24, 2.45) is 5.92 Å². The van der Waals surface area contributed by atoms with Crippen LogP contribution < -0.4 is 0 Å². The molecule has 2 amide bonds. The van der Waals surface area contributed by atoms with E-state index >= 15 is 0 Å². The molecule has 2 heterocycles. The Balaban J connectivity index is 1.92. The Morgan fingerprint density at radius 2 is 1.71 bits per heavy atom. The highest BCUT2D eigenvalue weighted by Crippen LogP contribution is 2.22. The van der Waals surface area contributed by atoms with Gasteiger partial charge in [0.25, 0.3) is 0 Å². The van der Waals surface area contributed by atoms with Crippen molar-refractivity contribution in [1.82, 2.24) is 14.1 Å². The molecule has 0 aromatic heterocycles. The molecule has 0 N–H and O–H groups in total. The van der Waals surface area contributed by atoms with Gasteiger partial charge in [-0.15, -0.1) is 0 Å². The summed E-state index contributed by atoms with van der Waals surface area (Å²) in [5, 5.41) is 0. The molecular formula is C15H27N3O5S. The van der Waals surface area contributed by atoms with E-state index < -0.39 is 10.0 Å². The highest BCUT2D eigenvalue weighted by molar-refractivity contribution is 7.89. The molecular weight excluding hydrogens is 334 g/mol. The van der Waals surface area contributed by atoms with Crippen LogP contribution in [-0.4, -0.2) is 93.1 Å². The summed E-state index contributed by atoms with van der Waals surface area (Å²) in [7, 11) is -1.91. The number of nitrogens with zero attached hydrogens (tertiary/aromatic N) is 3. The molecule has 2 saturated heterocycles. The minimum Gasteiger partial charge on any atom is -0.384 e. The first-order valence-corrected chi connectivity index (χ1v) is 9.97. The first kappa shape index (κ1) is 19.1. The Labute approximate surface area is 143 Å². The lowest BCUT2D eigenvalue weighted by atomic mass is 9.98. The topological polar surface area (TPSA) is 87.2 Å². The van der Waals surface area contributed by atoms with Crippen molar-refractivity contribution in [2.45, 2.75) is 19.8 Å². The third kappa shape index (κ3) is 4.67. The molecule has 0 aromatic rings. The van der Waals surface area contributed by atoms with Gasteiger partial charge in [0.15, 0.2) is 0 Å². The minimum atomic E-state index is -3.38. The van der Waals surface area contributed by atoms with Crippen LogP contribution in [0.2, 0.25) is 0 Å². The van der Waals surface area contributed by atoms with Crippen LogP contribution in [-0.2, 0) is 24.3 Å². The monoisotopic (exact) mass is 361 g/mol. The lowest BCUT2D eigenvalue weighted by molar-refractivity contribution is -0.142. The van der Waals surface area contributed by atoms with E-state index in [1.165, 1.54) is 18.3 Å². The first-order chi connectivity index (χ1) is 11.3. The molecule has 0 bridgehead atoms. The normalized spacial score (nSPS) is 23.3. The number of hydrogen-bond donors (Lipinski definition) is 0. The molecule has 0 aromatic carbocycles. The number of ether oxygens (including phenoxy) is 1. The first-order valence-electron chi connectivity index (χ1n) is 8.36. The van der Waals surface area contributed by atoms with E-state index in [1.54, 1.807) is 9.80 Å². The van der Waals surface area contributed by atoms with Gasteiger partial charge in [0.05, 0.1) is 18.3 Å². The van der Waals surface area contributed by atoms with Crippen molar-refractivity contribution in [3.63, 3.8) is 0 Å². The fourth-order valence-corrected chi connectivity index (χ4v) is 4.66. The van der Waals surface area contributed by atoms with Crippen molar-refractivity contribution in [3.8, 4) is 0 Å². The van der Waals surface area contributed by atoms with Crippen LogP contribution in [0.1, 0.15) is 19.8 Å². The second-order valence-electron chi connectivity index (χ2n) is 6.34. The largest absolute Gasteiger partial charge is 0.384 e. The van der Waals surface area contributed by atoms with Crippen molar-refractivity contribution in [1.29, 1.82) is 0 Å². The summed E-state index contributed by atoms with van der Waals surface area (Å²) in [6.07, 6.45) is 1.40. The van der Waals surface area contributed by atoms with Gasteiger partial charge in [-0.05, 0) is 12.8 Å². The lowest BCUT2D eigenvalue weighted by Gasteiger charge is -2.38. The molecule has 1 atom stereocenters. The third-order valence-electron chi connectivity index (χ3n) is 4.71. The summed E-state index contributed by atoms with van der Waals surface area (Å²) in [6.45, 7) is 4.53. The Morgan fingerprint density at radius 1 is 1.08 bits per heavy atom. The van der Waals surface area contributed by atoms with Gasteiger partial charge < -0.3 is 14.5 Å². The van der Waals surface area contributed by atoms with E-state index in [2.05, 4.69) is 0 Å². The molecule has 8 nitrogen and oxygen atoms in total. The van der Waals surface area contributed by atoms with Gasteiger partial charge in [-0.3, -0.25) is 9.59 Å². The predicted molar refractivity (Wildman–Crippen MR) is 88.8 cm³/mol. The zero-order valence-electron chi connectivity index (χ0n) is 14.4. The zero-order chi connectivity index (χ0) is 17.7. The fourth-order valence-electron chi connectivity index (χ4n) is 3.21. The predicted octanol–water partition coefficient (Wildman–Crippen LogP) is -0.635. The van der Waals surface area contributed by atoms with E-state index in [-0.39, 0.29) is 36.6 Å². The molecule has 2 rings (SSSR count). The number of hydrogen-bond acceptors (Lipinski definition) is 5. The van der Waals surface area contributed by atoms with Gasteiger partial charge in [0, 0.05) is 53.3 Å². The van der Waals surface area contributed by atoms with Crippen LogP contribution in [0.3, 0.4) is 0 Å². The molecule has 2 aliphatic heterocycles. The van der Waals surface area contributed by atoms with E-state index in [0.717, 1.165) is 0 Å². The maximum atomic E-state index is 12.7. The summed E-state index contributed by atoms with van der Waals surface area (Å²) >= 11 is 0. The molecule has 24 heavy (non-hydrogen) atoms. The zero-order valence-corrected chi connectivity index (χ0v) is 15.3. The van der Waals surface area contributed by atoms with Gasteiger partial charge in [-0.1, -0.05) is 0 Å². The number of rotatable bonds is 5. The van der Waals surface area contributed by atoms with E-state index in [9.17, 15) is 18.0 Å². The van der Waals surface area contributed by atoms with Gasteiger partial charge >= 0.3 is 0 Å². The number of carbonyl (C=O) groups is 2. The molecule has 2 aliphatic rings. The third-order valence-corrected chi connectivity index (χ3v) is 6.51. The summed E-state index contributed by atoms with van der Waals surface area (Å²) < 4.78 is 30.8. The summed E-state index contributed by atoms with van der Waals surface area (Å²) in [4.78, 5) is 27.5. The maximum Gasteiger partial charge on any atom is 0.227 e. The number of carbonyl (C=O) groups excluding carboxylic acids is 2. The van der Waals surface area contributed by atoms with Crippen LogP contribution in [0.25, 0.3) is 0 Å². The molecule has 1 unspecified atom stereocenters. The quantitative estimate of drug-likeness (QED) is 0.650. The lowest BCUT2D eigenvalue weighted by Crippen LogP contribution is -2.54. The van der Waals surface area contributed by atoms with Crippen molar-refractivity contribution in [2.75, 3.05) is 58.7 Å². The van der Waals surface area contributed by atoms with Crippen molar-refractivity contribution >= 4 is 21.8 Å². The standard InChI is InChI=1S/C15H27N3O5S/c1-13(19)16-6-8-17(9-7-16)15(20)14-4-3-5-18(12-14)24(21,22)11-10-23-2/h14H,3-12H2,1-2H3. The number of piperazine rings is 1. The second kappa shape index (κ2) is 8.26. The summed E-state index contributed by atoms with van der Waals surface area (Å²) in [5.41, 5.74) is 0. The molecule has 2 fully saturated rings. The van der Waals surface area contributed by atoms with Gasteiger partial charge in [-0.2, -0.15) is 0 Å². The fraction of sp³-hybridized carbons (Fsp3) is 0.867. The van der Waals surface area contributed by atoms with E-state index in [0.29, 0.717) is 45.6 Å². The van der Waals surface area contributed by atoms with Crippen LogP contribution in [0.5, 0.6) is 0 Å². The SMILES string of the molecule is COCCS(=O)(=O)N1CCCC(C(=O)N2CCN(C(C)=O)CC2)C1. The van der Waals surface area contributed by atoms with Gasteiger partial charge in [0.1, 0.15) is 0 Å². The Bertz CT molecular complexity index is 557. The number of sulfonamides is 1. The Kier molecular flexibility index (Phi) is 6.59. The van der Waals surface area contributed by atoms with Crippen LogP contribution >= 0.6 is 0 Å². The molecule has 0 spiro atoms. The van der Waals surface area contributed by atoms with Gasteiger partial charge in [-0.25, -0.2) is 12.7 Å². The second-order valence-corrected chi connectivity index (χ2v) is 8.43. The number of amides is 2. The number of piperidine rings is 1. The van der Waals surface area contributed by atoms with Crippen molar-refractivity contribution < 1.29 is 22.7 Å². The summed E-state index contributed by atoms with van der Waals surface area (Å²) in [5.74, 6) is -0.318. The van der Waals surface area contributed by atoms with Crippen molar-refractivity contribution in [3.05, 3.63) is 0 Å². The molecule has 9 heteroatoms. The highest BCUT2D eigenvalue weighted by atomic mass is 32.2.